The molecule has 27 heavy (non-hydrogen) atoms. The molecule has 1 aliphatic rings. The molecule has 0 unspecified atom stereocenters. The van der Waals surface area contributed by atoms with Gasteiger partial charge in [-0.3, -0.25) is 14.8 Å². The summed E-state index contributed by atoms with van der Waals surface area (Å²) in [6.07, 6.45) is 1.46. The van der Waals surface area contributed by atoms with Gasteiger partial charge in [0.2, 0.25) is 0 Å². The molecule has 1 fully saturated rings. The Morgan fingerprint density at radius 2 is 2.04 bits per heavy atom. The van der Waals surface area contributed by atoms with Crippen LogP contribution in [0.25, 0.3) is 0 Å². The number of hydrogen-bond acceptors (Lipinski definition) is 6. The molecule has 2 atom stereocenters. The van der Waals surface area contributed by atoms with Crippen molar-refractivity contribution >= 4 is 11.9 Å². The first-order valence-corrected chi connectivity index (χ1v) is 8.37. The van der Waals surface area contributed by atoms with Crippen molar-refractivity contribution in [2.24, 2.45) is 5.92 Å². The van der Waals surface area contributed by atoms with Gasteiger partial charge >= 0.3 is 11.9 Å². The number of ether oxygens (including phenoxy) is 2. The number of benzene rings is 1. The third-order valence-corrected chi connectivity index (χ3v) is 4.87. The molecular weight excluding hydrogens is 354 g/mol. The van der Waals surface area contributed by atoms with E-state index < -0.39 is 17.9 Å². The smallest absolute Gasteiger partial charge is 0.354 e. The minimum atomic E-state index is -1.09. The van der Waals surface area contributed by atoms with Gasteiger partial charge in [-0.05, 0) is 6.07 Å². The Hall–Kier alpha value is -3.07. The van der Waals surface area contributed by atoms with Crippen molar-refractivity contribution in [3.05, 3.63) is 41.2 Å². The van der Waals surface area contributed by atoms with Crippen LogP contribution in [-0.2, 0) is 11.3 Å². The zero-order valence-electron chi connectivity index (χ0n) is 15.0. The molecule has 1 aliphatic heterocycles. The topological polar surface area (TPSA) is 125 Å². The van der Waals surface area contributed by atoms with Crippen LogP contribution in [0.4, 0.5) is 0 Å². The Labute approximate surface area is 155 Å². The summed E-state index contributed by atoms with van der Waals surface area (Å²) in [5, 5.41) is 25.2. The molecule has 3 rings (SSSR count). The number of aromatic carboxylic acids is 1. The maximum Gasteiger partial charge on any atom is 0.354 e. The Kier molecular flexibility index (Phi) is 5.31. The van der Waals surface area contributed by atoms with Gasteiger partial charge in [-0.1, -0.05) is 12.1 Å². The quantitative estimate of drug-likeness (QED) is 0.664. The van der Waals surface area contributed by atoms with Gasteiger partial charge in [-0.15, -0.1) is 0 Å². The van der Waals surface area contributed by atoms with Gasteiger partial charge in [0.25, 0.3) is 0 Å². The van der Waals surface area contributed by atoms with Crippen LogP contribution in [0.15, 0.2) is 24.4 Å². The maximum atomic E-state index is 11.9. The van der Waals surface area contributed by atoms with E-state index in [2.05, 4.69) is 10.2 Å². The lowest BCUT2D eigenvalue weighted by Crippen LogP contribution is -2.23. The number of carboxylic acid groups (broad SMARTS) is 2. The van der Waals surface area contributed by atoms with Crippen molar-refractivity contribution in [3.63, 3.8) is 0 Å². The van der Waals surface area contributed by atoms with Crippen LogP contribution in [0, 0.1) is 5.92 Å². The van der Waals surface area contributed by atoms with Gasteiger partial charge in [0.1, 0.15) is 5.69 Å². The molecule has 1 saturated heterocycles. The van der Waals surface area contributed by atoms with Crippen LogP contribution < -0.4 is 9.47 Å². The molecule has 2 heterocycles. The molecule has 9 nitrogen and oxygen atoms in total. The molecular formula is C18H21N3O6. The molecule has 0 bridgehead atoms. The Morgan fingerprint density at radius 1 is 1.26 bits per heavy atom. The molecule has 0 radical (unpaired) electrons. The molecule has 2 aromatic rings. The van der Waals surface area contributed by atoms with Gasteiger partial charge < -0.3 is 19.7 Å². The molecule has 144 valence electrons. The first-order chi connectivity index (χ1) is 13.0. The fourth-order valence-electron chi connectivity index (χ4n) is 3.64. The molecule has 0 spiro atoms. The van der Waals surface area contributed by atoms with Crippen LogP contribution >= 0.6 is 0 Å². The Bertz CT molecular complexity index is 849. The van der Waals surface area contributed by atoms with Crippen molar-refractivity contribution in [2.75, 3.05) is 27.3 Å². The van der Waals surface area contributed by atoms with Crippen molar-refractivity contribution in [3.8, 4) is 11.5 Å². The highest BCUT2D eigenvalue weighted by Crippen LogP contribution is 2.42. The van der Waals surface area contributed by atoms with Gasteiger partial charge in [0.15, 0.2) is 11.5 Å². The monoisotopic (exact) mass is 375 g/mol. The van der Waals surface area contributed by atoms with Crippen LogP contribution in [-0.4, -0.2) is 64.6 Å². The van der Waals surface area contributed by atoms with E-state index in [0.717, 1.165) is 5.56 Å². The summed E-state index contributed by atoms with van der Waals surface area (Å²) in [6, 6.07) is 5.40. The lowest BCUT2D eigenvalue weighted by molar-refractivity contribution is -0.141. The SMILES string of the molecule is COc1cccc([C@@H]2CN(Cc3cn[nH]c3C(=O)O)C[C@H]2C(=O)O)c1OC. The summed E-state index contributed by atoms with van der Waals surface area (Å²) < 4.78 is 10.8. The lowest BCUT2D eigenvalue weighted by atomic mass is 9.88. The molecule has 0 aliphatic carbocycles. The first kappa shape index (κ1) is 18.7. The third kappa shape index (κ3) is 3.59. The van der Waals surface area contributed by atoms with E-state index in [4.69, 9.17) is 9.47 Å². The number of para-hydroxylation sites is 1. The number of methoxy groups -OCH3 is 2. The predicted molar refractivity (Wildman–Crippen MR) is 94.2 cm³/mol. The molecule has 3 N–H and O–H groups in total. The second kappa shape index (κ2) is 7.67. The number of carbonyl (C=O) groups is 2. The number of nitrogens with one attached hydrogen (secondary N) is 1. The van der Waals surface area contributed by atoms with E-state index in [0.29, 0.717) is 36.7 Å². The number of nitrogens with zero attached hydrogens (tertiary/aromatic N) is 2. The number of rotatable bonds is 7. The van der Waals surface area contributed by atoms with Crippen molar-refractivity contribution in [1.82, 2.24) is 15.1 Å². The summed E-state index contributed by atoms with van der Waals surface area (Å²) >= 11 is 0. The highest BCUT2D eigenvalue weighted by molar-refractivity contribution is 5.86. The number of aliphatic carboxylic acids is 1. The Balaban J connectivity index is 1.89. The third-order valence-electron chi connectivity index (χ3n) is 4.87. The molecule has 0 amide bonds. The standard InChI is InChI=1S/C18H21N3O6/c1-26-14-5-3-4-11(16(14)27-2)12-8-21(9-13(12)17(22)23)7-10-6-19-20-15(10)18(24)25/h3-6,12-13H,7-9H2,1-2H3,(H,19,20)(H,22,23)(H,24,25)/t12-,13+/m0/s1. The number of aromatic amines is 1. The van der Waals surface area contributed by atoms with Gasteiger partial charge in [0, 0.05) is 36.7 Å². The summed E-state index contributed by atoms with van der Waals surface area (Å²) in [4.78, 5) is 25.0. The summed E-state index contributed by atoms with van der Waals surface area (Å²) in [6.45, 7) is 1.04. The van der Waals surface area contributed by atoms with Crippen LogP contribution in [0.3, 0.4) is 0 Å². The second-order valence-electron chi connectivity index (χ2n) is 6.40. The Morgan fingerprint density at radius 3 is 2.67 bits per heavy atom. The number of hydrogen-bond donors (Lipinski definition) is 3. The second-order valence-corrected chi connectivity index (χ2v) is 6.40. The summed E-state index contributed by atoms with van der Waals surface area (Å²) in [5.74, 6) is -1.90. The van der Waals surface area contributed by atoms with Gasteiger partial charge in [0.05, 0.1) is 26.3 Å². The molecule has 9 heteroatoms. The van der Waals surface area contributed by atoms with Crippen LogP contribution in [0.1, 0.15) is 27.5 Å². The largest absolute Gasteiger partial charge is 0.493 e. The lowest BCUT2D eigenvalue weighted by Gasteiger charge is -2.20. The molecule has 1 aromatic carbocycles. The highest BCUT2D eigenvalue weighted by Gasteiger charge is 2.40. The maximum absolute atomic E-state index is 11.9. The van der Waals surface area contributed by atoms with E-state index in [1.165, 1.54) is 20.4 Å². The van der Waals surface area contributed by atoms with Crippen molar-refractivity contribution in [2.45, 2.75) is 12.5 Å². The van der Waals surface area contributed by atoms with E-state index in [9.17, 15) is 19.8 Å². The average molecular weight is 375 g/mol. The number of likely N-dealkylation sites (tertiary alicyclic amines) is 1. The summed E-state index contributed by atoms with van der Waals surface area (Å²) in [7, 11) is 3.05. The van der Waals surface area contributed by atoms with Crippen molar-refractivity contribution in [1.29, 1.82) is 0 Å². The minimum Gasteiger partial charge on any atom is -0.493 e. The predicted octanol–water partition coefficient (Wildman–Crippen LogP) is 1.43. The minimum absolute atomic E-state index is 0.0179. The number of aromatic nitrogens is 2. The van der Waals surface area contributed by atoms with E-state index in [1.54, 1.807) is 12.1 Å². The fourth-order valence-corrected chi connectivity index (χ4v) is 3.64. The number of H-pyrrole nitrogens is 1. The van der Waals surface area contributed by atoms with E-state index in [1.807, 2.05) is 11.0 Å². The first-order valence-electron chi connectivity index (χ1n) is 8.37. The summed E-state index contributed by atoms with van der Waals surface area (Å²) in [5.41, 5.74) is 1.30. The zero-order valence-corrected chi connectivity index (χ0v) is 15.0. The molecule has 0 saturated carbocycles. The van der Waals surface area contributed by atoms with Crippen LogP contribution in [0.5, 0.6) is 11.5 Å². The fraction of sp³-hybridized carbons (Fsp3) is 0.389. The van der Waals surface area contributed by atoms with Crippen LogP contribution in [0.2, 0.25) is 0 Å². The molecule has 1 aromatic heterocycles. The van der Waals surface area contributed by atoms with Crippen molar-refractivity contribution < 1.29 is 29.3 Å². The van der Waals surface area contributed by atoms with Gasteiger partial charge in [-0.2, -0.15) is 5.10 Å². The van der Waals surface area contributed by atoms with E-state index in [-0.39, 0.29) is 11.6 Å². The highest BCUT2D eigenvalue weighted by atomic mass is 16.5. The number of carboxylic acids is 2. The van der Waals surface area contributed by atoms with Gasteiger partial charge in [-0.25, -0.2) is 4.79 Å². The average Bonchev–Trinajstić information content (AvgIpc) is 3.28. The normalized spacial score (nSPS) is 19.8. The van der Waals surface area contributed by atoms with E-state index >= 15 is 0 Å². The zero-order chi connectivity index (χ0) is 19.6.